The highest BCUT2D eigenvalue weighted by atomic mass is 16.5. The maximum Gasteiger partial charge on any atom is 0.293 e. The summed E-state index contributed by atoms with van der Waals surface area (Å²) in [5.41, 5.74) is 1.08. The average molecular weight is 184 g/mol. The molecule has 0 saturated heterocycles. The Bertz CT molecular complexity index is 181. The number of rotatable bonds is 6. The largest absolute Gasteiger partial charge is 0.462 e. The molecule has 0 aliphatic rings. The van der Waals surface area contributed by atoms with Crippen molar-refractivity contribution in [1.82, 2.24) is 0 Å². The molecular weight excluding hydrogens is 164 g/mol. The first-order valence-corrected chi connectivity index (χ1v) is 4.75. The molecule has 0 radical (unpaired) electrons. The van der Waals surface area contributed by atoms with Gasteiger partial charge in [0.2, 0.25) is 0 Å². The van der Waals surface area contributed by atoms with E-state index in [2.05, 4.69) is 13.0 Å². The van der Waals surface area contributed by atoms with Crippen LogP contribution in [0.5, 0.6) is 0 Å². The van der Waals surface area contributed by atoms with Crippen LogP contribution in [0.1, 0.15) is 47.0 Å². The van der Waals surface area contributed by atoms with Crippen molar-refractivity contribution in [3.63, 3.8) is 0 Å². The Labute approximate surface area is 81.0 Å². The summed E-state index contributed by atoms with van der Waals surface area (Å²) in [6.45, 7) is 8.57. The quantitative estimate of drug-likeness (QED) is 0.468. The van der Waals surface area contributed by atoms with Gasteiger partial charge in [-0.25, -0.2) is 0 Å². The molecule has 2 heteroatoms. The van der Waals surface area contributed by atoms with Gasteiger partial charge in [-0.1, -0.05) is 11.6 Å². The lowest BCUT2D eigenvalue weighted by atomic mass is 9.99. The third kappa shape index (κ3) is 6.38. The first kappa shape index (κ1) is 12.2. The van der Waals surface area contributed by atoms with Gasteiger partial charge in [0.15, 0.2) is 0 Å². The number of ether oxygens (including phenoxy) is 1. The van der Waals surface area contributed by atoms with Crippen LogP contribution in [-0.2, 0) is 9.53 Å². The molecule has 0 amide bonds. The smallest absolute Gasteiger partial charge is 0.293 e. The summed E-state index contributed by atoms with van der Waals surface area (Å²) in [5, 5.41) is 0. The van der Waals surface area contributed by atoms with Crippen molar-refractivity contribution in [2.24, 2.45) is 0 Å². The molecule has 0 unspecified atom stereocenters. The van der Waals surface area contributed by atoms with E-state index < -0.39 is 0 Å². The fourth-order valence-corrected chi connectivity index (χ4v) is 1.13. The molecule has 0 atom stereocenters. The van der Waals surface area contributed by atoms with Gasteiger partial charge in [0.25, 0.3) is 6.47 Å². The standard InChI is InChI=1S/C11H20O2/c1-5-10(2)7-6-8-11(3,4)13-9-12/h5,9H,6-8H2,1-4H3/b10-5+. The van der Waals surface area contributed by atoms with E-state index in [4.69, 9.17) is 4.74 Å². The van der Waals surface area contributed by atoms with Crippen molar-refractivity contribution in [3.05, 3.63) is 11.6 Å². The SMILES string of the molecule is C/C=C(\C)CCCC(C)(C)OC=O. The van der Waals surface area contributed by atoms with Gasteiger partial charge < -0.3 is 4.74 Å². The molecule has 76 valence electrons. The second-order valence-corrected chi connectivity index (χ2v) is 3.96. The van der Waals surface area contributed by atoms with E-state index in [9.17, 15) is 4.79 Å². The van der Waals surface area contributed by atoms with E-state index in [0.29, 0.717) is 6.47 Å². The fourth-order valence-electron chi connectivity index (χ4n) is 1.13. The van der Waals surface area contributed by atoms with E-state index in [1.807, 2.05) is 20.8 Å². The van der Waals surface area contributed by atoms with E-state index in [0.717, 1.165) is 19.3 Å². The van der Waals surface area contributed by atoms with Gasteiger partial charge in [-0.3, -0.25) is 4.79 Å². The zero-order valence-electron chi connectivity index (χ0n) is 9.09. The molecular formula is C11H20O2. The maximum atomic E-state index is 10.1. The molecule has 13 heavy (non-hydrogen) atoms. The van der Waals surface area contributed by atoms with Gasteiger partial charge in [0, 0.05) is 0 Å². The van der Waals surface area contributed by atoms with E-state index in [-0.39, 0.29) is 5.60 Å². The van der Waals surface area contributed by atoms with Gasteiger partial charge in [0.05, 0.1) is 0 Å². The summed E-state index contributed by atoms with van der Waals surface area (Å²) in [6, 6.07) is 0. The Morgan fingerprint density at radius 2 is 2.08 bits per heavy atom. The van der Waals surface area contributed by atoms with Crippen molar-refractivity contribution in [3.8, 4) is 0 Å². The molecule has 0 aliphatic heterocycles. The second kappa shape index (κ2) is 5.79. The molecule has 2 nitrogen and oxygen atoms in total. The number of allylic oxidation sites excluding steroid dienone is 2. The van der Waals surface area contributed by atoms with Crippen molar-refractivity contribution in [2.45, 2.75) is 52.6 Å². The summed E-state index contributed by atoms with van der Waals surface area (Å²) in [5.74, 6) is 0. The van der Waals surface area contributed by atoms with Crippen molar-refractivity contribution < 1.29 is 9.53 Å². The van der Waals surface area contributed by atoms with Gasteiger partial charge >= 0.3 is 0 Å². The van der Waals surface area contributed by atoms with Crippen molar-refractivity contribution >= 4 is 6.47 Å². The summed E-state index contributed by atoms with van der Waals surface area (Å²) < 4.78 is 4.94. The highest BCUT2D eigenvalue weighted by Gasteiger charge is 2.17. The van der Waals surface area contributed by atoms with Crippen LogP contribution < -0.4 is 0 Å². The maximum absolute atomic E-state index is 10.1. The molecule has 0 aromatic heterocycles. The van der Waals surface area contributed by atoms with Gasteiger partial charge in [-0.2, -0.15) is 0 Å². The van der Waals surface area contributed by atoms with E-state index in [1.54, 1.807) is 0 Å². The fraction of sp³-hybridized carbons (Fsp3) is 0.727. The van der Waals surface area contributed by atoms with Gasteiger partial charge in [0.1, 0.15) is 5.60 Å². The first-order valence-electron chi connectivity index (χ1n) is 4.75. The minimum Gasteiger partial charge on any atom is -0.462 e. The summed E-state index contributed by atoms with van der Waals surface area (Å²) in [7, 11) is 0. The predicted molar refractivity (Wildman–Crippen MR) is 54.5 cm³/mol. The molecule has 0 saturated carbocycles. The Balaban J connectivity index is 3.68. The van der Waals surface area contributed by atoms with Crippen LogP contribution in [0.15, 0.2) is 11.6 Å². The number of carbonyl (C=O) groups excluding carboxylic acids is 1. The van der Waals surface area contributed by atoms with Gasteiger partial charge in [-0.15, -0.1) is 0 Å². The molecule has 0 aromatic carbocycles. The van der Waals surface area contributed by atoms with Crippen LogP contribution >= 0.6 is 0 Å². The third-order valence-electron chi connectivity index (χ3n) is 2.21. The Morgan fingerprint density at radius 1 is 1.46 bits per heavy atom. The molecule has 0 N–H and O–H groups in total. The van der Waals surface area contributed by atoms with Crippen molar-refractivity contribution in [2.75, 3.05) is 0 Å². The Hall–Kier alpha value is -0.790. The average Bonchev–Trinajstić information content (AvgIpc) is 2.03. The normalized spacial score (nSPS) is 12.8. The molecule has 0 aliphatic carbocycles. The van der Waals surface area contributed by atoms with Crippen LogP contribution in [0, 0.1) is 0 Å². The first-order chi connectivity index (χ1) is 6.02. The summed E-state index contributed by atoms with van der Waals surface area (Å²) in [4.78, 5) is 10.1. The Kier molecular flexibility index (Phi) is 5.44. The van der Waals surface area contributed by atoms with Crippen LogP contribution in [0.2, 0.25) is 0 Å². The number of hydrogen-bond acceptors (Lipinski definition) is 2. The lowest BCUT2D eigenvalue weighted by Gasteiger charge is -2.22. The van der Waals surface area contributed by atoms with E-state index in [1.165, 1.54) is 5.57 Å². The minimum atomic E-state index is -0.310. The highest BCUT2D eigenvalue weighted by Crippen LogP contribution is 2.18. The number of hydrogen-bond donors (Lipinski definition) is 0. The van der Waals surface area contributed by atoms with Crippen LogP contribution in [0.3, 0.4) is 0 Å². The van der Waals surface area contributed by atoms with Crippen LogP contribution in [-0.4, -0.2) is 12.1 Å². The Morgan fingerprint density at radius 3 is 2.54 bits per heavy atom. The second-order valence-electron chi connectivity index (χ2n) is 3.96. The topological polar surface area (TPSA) is 26.3 Å². The monoisotopic (exact) mass is 184 g/mol. The lowest BCUT2D eigenvalue weighted by molar-refractivity contribution is -0.140. The molecule has 0 heterocycles. The third-order valence-corrected chi connectivity index (χ3v) is 2.21. The predicted octanol–water partition coefficient (Wildman–Crippen LogP) is 3.07. The molecule has 0 aromatic rings. The van der Waals surface area contributed by atoms with Crippen molar-refractivity contribution in [1.29, 1.82) is 0 Å². The molecule has 0 fully saturated rings. The lowest BCUT2D eigenvalue weighted by Crippen LogP contribution is -2.23. The molecule has 0 spiro atoms. The zero-order chi connectivity index (χ0) is 10.3. The van der Waals surface area contributed by atoms with Crippen LogP contribution in [0.4, 0.5) is 0 Å². The summed E-state index contributed by atoms with van der Waals surface area (Å²) in [6.07, 6.45) is 5.18. The van der Waals surface area contributed by atoms with Crippen LogP contribution in [0.25, 0.3) is 0 Å². The minimum absolute atomic E-state index is 0.310. The highest BCUT2D eigenvalue weighted by molar-refractivity contribution is 5.38. The van der Waals surface area contributed by atoms with Gasteiger partial charge in [-0.05, 0) is 47.0 Å². The van der Waals surface area contributed by atoms with E-state index >= 15 is 0 Å². The molecule has 0 rings (SSSR count). The summed E-state index contributed by atoms with van der Waals surface area (Å²) >= 11 is 0. The number of carbonyl (C=O) groups is 1. The zero-order valence-corrected chi connectivity index (χ0v) is 9.09. The molecule has 0 bridgehead atoms.